The lowest BCUT2D eigenvalue weighted by Crippen LogP contribution is -2.46. The van der Waals surface area contributed by atoms with Crippen LogP contribution in [0.1, 0.15) is 40.2 Å². The SMILES string of the molecule is CCOC(=O)/C=C/[C@H](C)[C@H](COCc1ccc(OC)cc1)O[Si](C)(C)C(C)(C)C. The third-order valence-corrected chi connectivity index (χ3v) is 9.88. The van der Waals surface area contributed by atoms with E-state index in [0.29, 0.717) is 19.8 Å². The van der Waals surface area contributed by atoms with Crippen LogP contribution in [0.15, 0.2) is 36.4 Å². The van der Waals surface area contributed by atoms with E-state index in [1.807, 2.05) is 37.3 Å². The zero-order chi connectivity index (χ0) is 22.1. The smallest absolute Gasteiger partial charge is 0.330 e. The lowest BCUT2D eigenvalue weighted by molar-refractivity contribution is -0.137. The van der Waals surface area contributed by atoms with Crippen molar-refractivity contribution < 1.29 is 23.4 Å². The molecule has 0 saturated heterocycles. The largest absolute Gasteiger partial charge is 0.497 e. The average molecular weight is 423 g/mol. The minimum absolute atomic E-state index is 0.0180. The van der Waals surface area contributed by atoms with Crippen molar-refractivity contribution in [1.29, 1.82) is 0 Å². The van der Waals surface area contributed by atoms with E-state index in [-0.39, 0.29) is 23.0 Å². The molecule has 0 aliphatic carbocycles. The molecule has 2 atom stereocenters. The number of carbonyl (C=O) groups is 1. The Bertz CT molecular complexity index is 646. The molecule has 0 aliphatic rings. The number of hydrogen-bond acceptors (Lipinski definition) is 5. The molecule has 6 heteroatoms. The Labute approximate surface area is 177 Å². The van der Waals surface area contributed by atoms with Gasteiger partial charge in [0.1, 0.15) is 5.75 Å². The monoisotopic (exact) mass is 422 g/mol. The Hall–Kier alpha value is -1.63. The molecule has 1 aromatic rings. The van der Waals surface area contributed by atoms with Gasteiger partial charge in [0.2, 0.25) is 0 Å². The van der Waals surface area contributed by atoms with Crippen LogP contribution in [-0.2, 0) is 25.3 Å². The summed E-state index contributed by atoms with van der Waals surface area (Å²) in [5.74, 6) is 0.514. The summed E-state index contributed by atoms with van der Waals surface area (Å²) in [5.41, 5.74) is 1.08. The molecule has 5 nitrogen and oxygen atoms in total. The van der Waals surface area contributed by atoms with E-state index in [9.17, 15) is 4.79 Å². The second kappa shape index (κ2) is 11.5. The summed E-state index contributed by atoms with van der Waals surface area (Å²) in [4.78, 5) is 11.7. The van der Waals surface area contributed by atoms with Crippen molar-refractivity contribution in [3.63, 3.8) is 0 Å². The Morgan fingerprint density at radius 2 is 1.79 bits per heavy atom. The lowest BCUT2D eigenvalue weighted by atomic mass is 10.1. The number of benzene rings is 1. The summed E-state index contributed by atoms with van der Waals surface area (Å²) in [6, 6.07) is 7.83. The number of methoxy groups -OCH3 is 1. The fourth-order valence-electron chi connectivity index (χ4n) is 2.41. The zero-order valence-corrected chi connectivity index (χ0v) is 20.3. The highest BCUT2D eigenvalue weighted by Crippen LogP contribution is 2.38. The highest BCUT2D eigenvalue weighted by Gasteiger charge is 2.40. The van der Waals surface area contributed by atoms with Crippen molar-refractivity contribution in [1.82, 2.24) is 0 Å². The molecule has 29 heavy (non-hydrogen) atoms. The van der Waals surface area contributed by atoms with Crippen molar-refractivity contribution in [3.05, 3.63) is 42.0 Å². The number of carbonyl (C=O) groups excluding carboxylic acids is 1. The standard InChI is InChI=1S/C23H38O5Si/c1-9-27-22(24)15-10-18(2)21(28-29(7,8)23(3,4)5)17-26-16-19-11-13-20(25-6)14-12-19/h10-15,18,21H,9,16-17H2,1-8H3/b15-10+/t18-,21-/m0/s1. The molecule has 0 aliphatic heterocycles. The Morgan fingerprint density at radius 1 is 1.17 bits per heavy atom. The normalized spacial score (nSPS) is 14.6. The van der Waals surface area contributed by atoms with E-state index >= 15 is 0 Å². The van der Waals surface area contributed by atoms with E-state index in [2.05, 4.69) is 33.9 Å². The van der Waals surface area contributed by atoms with Crippen LogP contribution in [0.3, 0.4) is 0 Å². The van der Waals surface area contributed by atoms with Crippen LogP contribution in [0.2, 0.25) is 18.1 Å². The molecule has 0 fully saturated rings. The van der Waals surface area contributed by atoms with E-state index in [4.69, 9.17) is 18.6 Å². The van der Waals surface area contributed by atoms with Gasteiger partial charge in [-0.05, 0) is 42.8 Å². The maximum Gasteiger partial charge on any atom is 0.330 e. The summed E-state index contributed by atoms with van der Waals surface area (Å²) >= 11 is 0. The molecule has 0 aromatic heterocycles. The van der Waals surface area contributed by atoms with Gasteiger partial charge in [-0.2, -0.15) is 0 Å². The second-order valence-electron chi connectivity index (χ2n) is 8.75. The van der Waals surface area contributed by atoms with E-state index in [0.717, 1.165) is 11.3 Å². The van der Waals surface area contributed by atoms with E-state index < -0.39 is 8.32 Å². The Morgan fingerprint density at radius 3 is 2.31 bits per heavy atom. The molecule has 0 spiro atoms. The van der Waals surface area contributed by atoms with E-state index in [1.54, 1.807) is 14.0 Å². The summed E-state index contributed by atoms with van der Waals surface area (Å²) in [7, 11) is -0.338. The van der Waals surface area contributed by atoms with Gasteiger partial charge in [-0.3, -0.25) is 0 Å². The highest BCUT2D eigenvalue weighted by molar-refractivity contribution is 6.74. The zero-order valence-electron chi connectivity index (χ0n) is 19.3. The first kappa shape index (κ1) is 25.4. The lowest BCUT2D eigenvalue weighted by Gasteiger charge is -2.40. The van der Waals surface area contributed by atoms with Gasteiger partial charge in [-0.25, -0.2) is 4.79 Å². The van der Waals surface area contributed by atoms with Crippen LogP contribution in [-0.4, -0.2) is 40.7 Å². The predicted molar refractivity (Wildman–Crippen MR) is 120 cm³/mol. The second-order valence-corrected chi connectivity index (χ2v) is 13.5. The van der Waals surface area contributed by atoms with Gasteiger partial charge in [-0.15, -0.1) is 0 Å². The van der Waals surface area contributed by atoms with Crippen molar-refractivity contribution >= 4 is 14.3 Å². The molecule has 0 saturated carbocycles. The van der Waals surface area contributed by atoms with Crippen LogP contribution < -0.4 is 4.74 Å². The van der Waals surface area contributed by atoms with E-state index in [1.165, 1.54) is 6.08 Å². The first-order valence-electron chi connectivity index (χ1n) is 10.2. The average Bonchev–Trinajstić information content (AvgIpc) is 2.65. The van der Waals surface area contributed by atoms with Gasteiger partial charge < -0.3 is 18.6 Å². The molecule has 0 heterocycles. The van der Waals surface area contributed by atoms with Crippen LogP contribution >= 0.6 is 0 Å². The summed E-state index contributed by atoms with van der Waals surface area (Å²) in [5, 5.41) is 0.0891. The molecule has 1 aromatic carbocycles. The number of esters is 1. The quantitative estimate of drug-likeness (QED) is 0.273. The molecule has 164 valence electrons. The molecular weight excluding hydrogens is 384 g/mol. The number of ether oxygens (including phenoxy) is 3. The van der Waals surface area contributed by atoms with Gasteiger partial charge in [0.05, 0.1) is 33.0 Å². The molecule has 0 bridgehead atoms. The molecule has 0 unspecified atom stereocenters. The Kier molecular flexibility index (Phi) is 10.1. The molecule has 0 N–H and O–H groups in total. The maximum absolute atomic E-state index is 11.7. The molecular formula is C23H38O5Si. The van der Waals surface area contributed by atoms with Crippen LogP contribution in [0.5, 0.6) is 5.75 Å². The van der Waals surface area contributed by atoms with Crippen molar-refractivity contribution in [3.8, 4) is 5.75 Å². The fourth-order valence-corrected chi connectivity index (χ4v) is 3.80. The van der Waals surface area contributed by atoms with Crippen molar-refractivity contribution in [2.45, 2.75) is 65.5 Å². The fraction of sp³-hybridized carbons (Fsp3) is 0.609. The minimum atomic E-state index is -1.99. The van der Waals surface area contributed by atoms with Gasteiger partial charge >= 0.3 is 5.97 Å². The number of hydrogen-bond donors (Lipinski definition) is 0. The topological polar surface area (TPSA) is 54.0 Å². The molecule has 0 amide bonds. The minimum Gasteiger partial charge on any atom is -0.497 e. The predicted octanol–water partition coefficient (Wildman–Crippen LogP) is 5.36. The molecule has 1 rings (SSSR count). The van der Waals surface area contributed by atoms with Crippen LogP contribution in [0.25, 0.3) is 0 Å². The van der Waals surface area contributed by atoms with Crippen molar-refractivity contribution in [2.75, 3.05) is 20.3 Å². The third-order valence-electron chi connectivity index (χ3n) is 5.37. The first-order chi connectivity index (χ1) is 13.5. The first-order valence-corrected chi connectivity index (χ1v) is 13.1. The summed E-state index contributed by atoms with van der Waals surface area (Å²) in [6.07, 6.45) is 3.20. The van der Waals surface area contributed by atoms with Crippen molar-refractivity contribution in [2.24, 2.45) is 5.92 Å². The summed E-state index contributed by atoms with van der Waals surface area (Å²) < 4.78 is 22.8. The van der Waals surface area contributed by atoms with Crippen LogP contribution in [0.4, 0.5) is 0 Å². The maximum atomic E-state index is 11.7. The third kappa shape index (κ3) is 8.72. The molecule has 0 radical (unpaired) electrons. The highest BCUT2D eigenvalue weighted by atomic mass is 28.4. The van der Waals surface area contributed by atoms with Gasteiger partial charge in [0.25, 0.3) is 0 Å². The van der Waals surface area contributed by atoms with Crippen LogP contribution in [0, 0.1) is 5.92 Å². The van der Waals surface area contributed by atoms with Gasteiger partial charge in [0, 0.05) is 12.0 Å². The summed E-state index contributed by atoms with van der Waals surface area (Å²) in [6.45, 7) is 16.3. The number of rotatable bonds is 11. The van der Waals surface area contributed by atoms with Gasteiger partial charge in [0.15, 0.2) is 8.32 Å². The Balaban J connectivity index is 2.81. The van der Waals surface area contributed by atoms with Gasteiger partial charge in [-0.1, -0.05) is 45.9 Å².